The molecule has 3 heterocycles. The number of aliphatic hydroxyl groups is 3. The number of hydrogen-bond donors (Lipinski definition) is 3. The molecule has 3 fully saturated rings. The lowest BCUT2D eigenvalue weighted by atomic mass is 9.79. The van der Waals surface area contributed by atoms with Crippen LogP contribution in [-0.2, 0) is 23.7 Å². The predicted molar refractivity (Wildman–Crippen MR) is 112 cm³/mol. The van der Waals surface area contributed by atoms with Gasteiger partial charge in [0, 0.05) is 31.8 Å². The van der Waals surface area contributed by atoms with Gasteiger partial charge < -0.3 is 34.3 Å². The van der Waals surface area contributed by atoms with Crippen molar-refractivity contribution in [3.8, 4) is 0 Å². The Kier molecular flexibility index (Phi) is 8.51. The zero-order chi connectivity index (χ0) is 22.7. The van der Waals surface area contributed by atoms with E-state index in [9.17, 15) is 20.1 Å². The van der Waals surface area contributed by atoms with Crippen molar-refractivity contribution in [3.63, 3.8) is 0 Å². The van der Waals surface area contributed by atoms with Crippen LogP contribution in [0.4, 0.5) is 0 Å². The Morgan fingerprint density at radius 3 is 2.55 bits per heavy atom. The Bertz CT molecular complexity index is 625. The molecule has 8 nitrogen and oxygen atoms in total. The number of rotatable bonds is 7. The third-order valence-corrected chi connectivity index (χ3v) is 7.17. The van der Waals surface area contributed by atoms with Gasteiger partial charge >= 0.3 is 5.97 Å². The molecule has 0 aromatic rings. The molecular formula is C23H38O8. The summed E-state index contributed by atoms with van der Waals surface area (Å²) in [5, 5.41) is 30.5. The van der Waals surface area contributed by atoms with E-state index in [0.717, 1.165) is 12.0 Å². The Labute approximate surface area is 184 Å². The fourth-order valence-electron chi connectivity index (χ4n) is 5.14. The summed E-state index contributed by atoms with van der Waals surface area (Å²) in [6.07, 6.45) is -0.432. The van der Waals surface area contributed by atoms with Gasteiger partial charge in [0.1, 0.15) is 0 Å². The number of esters is 1. The monoisotopic (exact) mass is 442 g/mol. The minimum Gasteiger partial charge on any atom is -0.469 e. The maximum Gasteiger partial charge on any atom is 0.305 e. The van der Waals surface area contributed by atoms with Crippen molar-refractivity contribution >= 4 is 5.97 Å². The van der Waals surface area contributed by atoms with Crippen LogP contribution in [0.2, 0.25) is 0 Å². The van der Waals surface area contributed by atoms with Crippen LogP contribution in [-0.4, -0.2) is 83.8 Å². The van der Waals surface area contributed by atoms with Crippen LogP contribution in [0.1, 0.15) is 52.4 Å². The van der Waals surface area contributed by atoms with E-state index in [2.05, 4.69) is 13.5 Å². The molecule has 0 aromatic carbocycles. The molecule has 31 heavy (non-hydrogen) atoms. The summed E-state index contributed by atoms with van der Waals surface area (Å²) in [7, 11) is 1.38. The fourth-order valence-corrected chi connectivity index (χ4v) is 5.14. The number of ether oxygens (including phenoxy) is 4. The van der Waals surface area contributed by atoms with Gasteiger partial charge in [-0.05, 0) is 30.8 Å². The lowest BCUT2D eigenvalue weighted by Gasteiger charge is -2.50. The summed E-state index contributed by atoms with van der Waals surface area (Å²) >= 11 is 0. The normalized spacial score (nSPS) is 43.4. The molecular weight excluding hydrogens is 404 g/mol. The van der Waals surface area contributed by atoms with Gasteiger partial charge in [0.2, 0.25) is 0 Å². The molecule has 0 aromatic heterocycles. The molecule has 3 N–H and O–H groups in total. The second-order valence-electron chi connectivity index (χ2n) is 9.33. The topological polar surface area (TPSA) is 115 Å². The highest BCUT2D eigenvalue weighted by atomic mass is 16.6. The van der Waals surface area contributed by atoms with Gasteiger partial charge in [0.05, 0.1) is 55.9 Å². The molecule has 3 aliphatic rings. The largest absolute Gasteiger partial charge is 0.469 e. The Morgan fingerprint density at radius 1 is 1.13 bits per heavy atom. The van der Waals surface area contributed by atoms with Crippen molar-refractivity contribution in [1.82, 2.24) is 0 Å². The molecule has 3 rings (SSSR count). The first-order valence-corrected chi connectivity index (χ1v) is 11.4. The summed E-state index contributed by atoms with van der Waals surface area (Å²) in [6.45, 7) is 8.19. The smallest absolute Gasteiger partial charge is 0.305 e. The second kappa shape index (κ2) is 10.7. The Hall–Kier alpha value is -1.03. The standard InChI is InChI=1S/C23H38O8/c1-12-9-15(5-6-21(26)28-4)29-18(13(12)2)11-19-22(27)14(3)23-20(30-19)10-16(25)17(31-23)7-8-24/h12,14-20,22-25,27H,2,5-11H2,1,3-4H3/t12-,14-,15+,16-,17-,18-,19+,20+,22-,23+/m1/s1. The first kappa shape index (κ1) is 24.6. The van der Waals surface area contributed by atoms with E-state index in [-0.39, 0.29) is 48.8 Å². The van der Waals surface area contributed by atoms with Crippen molar-refractivity contribution in [2.24, 2.45) is 11.8 Å². The van der Waals surface area contributed by atoms with Crippen LogP contribution >= 0.6 is 0 Å². The first-order chi connectivity index (χ1) is 14.7. The molecule has 178 valence electrons. The van der Waals surface area contributed by atoms with Crippen LogP contribution in [0, 0.1) is 11.8 Å². The quantitative estimate of drug-likeness (QED) is 0.400. The molecule has 8 heteroatoms. The van der Waals surface area contributed by atoms with Crippen LogP contribution in [0.3, 0.4) is 0 Å². The maximum atomic E-state index is 11.5. The van der Waals surface area contributed by atoms with Gasteiger partial charge in [0.15, 0.2) is 0 Å². The first-order valence-electron chi connectivity index (χ1n) is 11.4. The van der Waals surface area contributed by atoms with E-state index in [1.54, 1.807) is 0 Å². The van der Waals surface area contributed by atoms with E-state index in [0.29, 0.717) is 32.1 Å². The van der Waals surface area contributed by atoms with Crippen molar-refractivity contribution in [2.75, 3.05) is 13.7 Å². The van der Waals surface area contributed by atoms with Gasteiger partial charge in [0.25, 0.3) is 0 Å². The molecule has 0 unspecified atom stereocenters. The van der Waals surface area contributed by atoms with Gasteiger partial charge in [-0.2, -0.15) is 0 Å². The van der Waals surface area contributed by atoms with Gasteiger partial charge in [-0.1, -0.05) is 20.4 Å². The van der Waals surface area contributed by atoms with Crippen LogP contribution < -0.4 is 0 Å². The summed E-state index contributed by atoms with van der Waals surface area (Å²) in [4.78, 5) is 11.5. The van der Waals surface area contributed by atoms with Gasteiger partial charge in [-0.3, -0.25) is 4.79 Å². The zero-order valence-corrected chi connectivity index (χ0v) is 18.8. The van der Waals surface area contributed by atoms with Crippen molar-refractivity contribution in [1.29, 1.82) is 0 Å². The van der Waals surface area contributed by atoms with E-state index in [1.165, 1.54) is 7.11 Å². The summed E-state index contributed by atoms with van der Waals surface area (Å²) in [6, 6.07) is 0. The van der Waals surface area contributed by atoms with Gasteiger partial charge in [-0.15, -0.1) is 0 Å². The number of carbonyl (C=O) groups excluding carboxylic acids is 1. The molecule has 0 saturated carbocycles. The average Bonchev–Trinajstić information content (AvgIpc) is 2.74. The number of carbonyl (C=O) groups is 1. The average molecular weight is 443 g/mol. The number of hydrogen-bond acceptors (Lipinski definition) is 8. The molecule has 10 atom stereocenters. The molecule has 0 bridgehead atoms. The minimum atomic E-state index is -0.742. The molecule has 0 amide bonds. The summed E-state index contributed by atoms with van der Waals surface area (Å²) in [5.41, 5.74) is 0.975. The van der Waals surface area contributed by atoms with E-state index < -0.39 is 24.4 Å². The Balaban J connectivity index is 1.63. The number of methoxy groups -OCH3 is 1. The van der Waals surface area contributed by atoms with Crippen molar-refractivity contribution < 1.29 is 39.1 Å². The molecule has 0 aliphatic carbocycles. The molecule has 0 radical (unpaired) electrons. The molecule has 3 saturated heterocycles. The van der Waals surface area contributed by atoms with Crippen LogP contribution in [0.15, 0.2) is 12.2 Å². The van der Waals surface area contributed by atoms with E-state index in [4.69, 9.17) is 18.9 Å². The minimum absolute atomic E-state index is 0.0595. The van der Waals surface area contributed by atoms with Gasteiger partial charge in [-0.25, -0.2) is 0 Å². The lowest BCUT2D eigenvalue weighted by molar-refractivity contribution is -0.269. The zero-order valence-electron chi connectivity index (χ0n) is 18.8. The fraction of sp³-hybridized carbons (Fsp3) is 0.870. The maximum absolute atomic E-state index is 11.5. The summed E-state index contributed by atoms with van der Waals surface area (Å²) < 4.78 is 23.2. The van der Waals surface area contributed by atoms with Crippen LogP contribution in [0.25, 0.3) is 0 Å². The highest BCUT2D eigenvalue weighted by Crippen LogP contribution is 2.40. The third kappa shape index (κ3) is 5.67. The lowest BCUT2D eigenvalue weighted by Crippen LogP contribution is -2.60. The second-order valence-corrected chi connectivity index (χ2v) is 9.33. The molecule has 0 spiro atoms. The highest BCUT2D eigenvalue weighted by molar-refractivity contribution is 5.69. The van der Waals surface area contributed by atoms with Crippen molar-refractivity contribution in [3.05, 3.63) is 12.2 Å². The number of fused-ring (bicyclic) bond motifs is 1. The van der Waals surface area contributed by atoms with E-state index in [1.807, 2.05) is 6.92 Å². The predicted octanol–water partition coefficient (Wildman–Crippen LogP) is 1.34. The summed E-state index contributed by atoms with van der Waals surface area (Å²) in [5.74, 6) is -0.188. The van der Waals surface area contributed by atoms with E-state index >= 15 is 0 Å². The number of aliphatic hydroxyl groups excluding tert-OH is 3. The third-order valence-electron chi connectivity index (χ3n) is 7.17. The van der Waals surface area contributed by atoms with Crippen LogP contribution in [0.5, 0.6) is 0 Å². The van der Waals surface area contributed by atoms with Crippen molar-refractivity contribution in [2.45, 2.75) is 101 Å². The molecule has 3 aliphatic heterocycles. The Morgan fingerprint density at radius 2 is 1.87 bits per heavy atom. The SMILES string of the molecule is C=C1[C@H](C)C[C@H](CCC(=O)OC)O[C@@H]1C[C@@H]1O[C@H]2C[C@@H](O)[C@@H](CCO)O[C@H]2[C@H](C)[C@H]1O. The highest BCUT2D eigenvalue weighted by Gasteiger charge is 2.49.